The van der Waals surface area contributed by atoms with Crippen LogP contribution >= 0.6 is 0 Å². The molecule has 2 N–H and O–H groups in total. The maximum absolute atomic E-state index is 9.68. The molecular formula is C20H17N3O2. The average Bonchev–Trinajstić information content (AvgIpc) is 2.65. The number of nitriles is 1. The summed E-state index contributed by atoms with van der Waals surface area (Å²) in [7, 11) is 1.60. The van der Waals surface area contributed by atoms with E-state index in [9.17, 15) is 5.11 Å². The van der Waals surface area contributed by atoms with E-state index in [0.29, 0.717) is 23.6 Å². The number of rotatable bonds is 5. The summed E-state index contributed by atoms with van der Waals surface area (Å²) in [6.45, 7) is 4.03. The van der Waals surface area contributed by atoms with E-state index in [1.54, 1.807) is 19.4 Å². The Bertz CT molecular complexity index is 990. The normalized spacial score (nSPS) is 10.2. The van der Waals surface area contributed by atoms with Gasteiger partial charge in [-0.15, -0.1) is 0 Å². The van der Waals surface area contributed by atoms with Gasteiger partial charge in [0.25, 0.3) is 0 Å². The van der Waals surface area contributed by atoms with Crippen molar-refractivity contribution in [3.8, 4) is 28.8 Å². The Morgan fingerprint density at radius 1 is 1.28 bits per heavy atom. The van der Waals surface area contributed by atoms with E-state index < -0.39 is 0 Å². The highest BCUT2D eigenvalue weighted by Gasteiger charge is 2.11. The van der Waals surface area contributed by atoms with Crippen LogP contribution in [-0.2, 0) is 0 Å². The molecule has 1 aromatic heterocycles. The summed E-state index contributed by atoms with van der Waals surface area (Å²) in [5.41, 5.74) is 2.78. The number of ether oxygens (including phenoxy) is 1. The summed E-state index contributed by atoms with van der Waals surface area (Å²) < 4.78 is 5.45. The van der Waals surface area contributed by atoms with Crippen LogP contribution in [0.2, 0.25) is 0 Å². The number of nitrogens with zero attached hydrogens (tertiary/aromatic N) is 2. The van der Waals surface area contributed by atoms with Gasteiger partial charge in [0.15, 0.2) is 0 Å². The molecule has 0 saturated heterocycles. The fourth-order valence-corrected chi connectivity index (χ4v) is 2.62. The van der Waals surface area contributed by atoms with Crippen LogP contribution in [0.4, 0.5) is 5.69 Å². The molecule has 5 heteroatoms. The summed E-state index contributed by atoms with van der Waals surface area (Å²) in [6, 6.07) is 15.0. The first kappa shape index (κ1) is 16.3. The third-order valence-electron chi connectivity index (χ3n) is 3.88. The van der Waals surface area contributed by atoms with Gasteiger partial charge in [0.05, 0.1) is 24.6 Å². The molecule has 5 nitrogen and oxygen atoms in total. The van der Waals surface area contributed by atoms with Crippen molar-refractivity contribution < 1.29 is 9.84 Å². The van der Waals surface area contributed by atoms with Crippen LogP contribution in [0.25, 0.3) is 22.0 Å². The molecule has 0 amide bonds. The highest BCUT2D eigenvalue weighted by molar-refractivity contribution is 5.99. The lowest BCUT2D eigenvalue weighted by Gasteiger charge is -2.15. The summed E-state index contributed by atoms with van der Waals surface area (Å²) in [6.07, 6.45) is 1.57. The van der Waals surface area contributed by atoms with Gasteiger partial charge >= 0.3 is 0 Å². The zero-order valence-corrected chi connectivity index (χ0v) is 13.8. The van der Waals surface area contributed by atoms with Crippen LogP contribution in [0.5, 0.6) is 11.5 Å². The fourth-order valence-electron chi connectivity index (χ4n) is 2.62. The van der Waals surface area contributed by atoms with Gasteiger partial charge in [-0.2, -0.15) is 5.26 Å². The Balaban J connectivity index is 2.13. The third kappa shape index (κ3) is 3.38. The first-order valence-corrected chi connectivity index (χ1v) is 7.70. The average molecular weight is 331 g/mol. The standard InChI is InChI=1S/C20H17N3O2/c1-13(11-21)12-23-20-17-9-15(18-10-16(24)7-8-22-18)4-3-14(17)5-6-19(20)25-2/h3-10,23H,1,12H2,2H3,(H,22,24). The lowest BCUT2D eigenvalue weighted by molar-refractivity contribution is 0.417. The number of hydrogen-bond acceptors (Lipinski definition) is 5. The summed E-state index contributed by atoms with van der Waals surface area (Å²) in [4.78, 5) is 4.31. The van der Waals surface area contributed by atoms with Gasteiger partial charge in [0, 0.05) is 35.3 Å². The number of pyridine rings is 1. The lowest BCUT2D eigenvalue weighted by atomic mass is 10.0. The van der Waals surface area contributed by atoms with Crippen molar-refractivity contribution in [3.05, 3.63) is 60.8 Å². The predicted octanol–water partition coefficient (Wildman–Crippen LogP) is 4.11. The van der Waals surface area contributed by atoms with Crippen LogP contribution in [0.1, 0.15) is 0 Å². The van der Waals surface area contributed by atoms with E-state index in [1.807, 2.05) is 36.4 Å². The van der Waals surface area contributed by atoms with Crippen molar-refractivity contribution in [1.29, 1.82) is 5.26 Å². The maximum atomic E-state index is 9.68. The predicted molar refractivity (Wildman–Crippen MR) is 98.6 cm³/mol. The Kier molecular flexibility index (Phi) is 4.53. The second-order valence-electron chi connectivity index (χ2n) is 5.55. The van der Waals surface area contributed by atoms with Crippen LogP contribution in [-0.4, -0.2) is 23.7 Å². The van der Waals surface area contributed by atoms with Gasteiger partial charge in [-0.3, -0.25) is 4.98 Å². The Hall–Kier alpha value is -3.52. The fraction of sp³-hybridized carbons (Fsp3) is 0.100. The smallest absolute Gasteiger partial charge is 0.142 e. The number of benzene rings is 2. The molecule has 1 heterocycles. The van der Waals surface area contributed by atoms with E-state index in [1.165, 1.54) is 6.07 Å². The number of anilines is 1. The Morgan fingerprint density at radius 2 is 2.08 bits per heavy atom. The Labute approximate surface area is 145 Å². The molecule has 0 aliphatic carbocycles. The molecule has 0 fully saturated rings. The Morgan fingerprint density at radius 3 is 2.80 bits per heavy atom. The largest absolute Gasteiger partial charge is 0.508 e. The summed E-state index contributed by atoms with van der Waals surface area (Å²) >= 11 is 0. The van der Waals surface area contributed by atoms with Gasteiger partial charge < -0.3 is 15.2 Å². The zero-order valence-electron chi connectivity index (χ0n) is 13.8. The first-order chi connectivity index (χ1) is 12.1. The van der Waals surface area contributed by atoms with E-state index in [0.717, 1.165) is 22.0 Å². The number of nitrogens with one attached hydrogen (secondary N) is 1. The molecule has 0 saturated carbocycles. The quantitative estimate of drug-likeness (QED) is 0.688. The molecule has 3 rings (SSSR count). The minimum absolute atomic E-state index is 0.166. The van der Waals surface area contributed by atoms with Crippen molar-refractivity contribution in [2.45, 2.75) is 0 Å². The SMILES string of the molecule is C=C(C#N)CNc1c(OC)ccc2ccc(-c3cc(O)ccn3)cc12. The molecule has 0 radical (unpaired) electrons. The van der Waals surface area contributed by atoms with Crippen LogP contribution in [0.3, 0.4) is 0 Å². The molecule has 0 spiro atoms. The molecule has 0 aliphatic heterocycles. The van der Waals surface area contributed by atoms with Gasteiger partial charge in [-0.05, 0) is 23.6 Å². The van der Waals surface area contributed by atoms with Crippen molar-refractivity contribution in [3.63, 3.8) is 0 Å². The molecule has 124 valence electrons. The van der Waals surface area contributed by atoms with E-state index in [4.69, 9.17) is 10.00 Å². The zero-order chi connectivity index (χ0) is 17.8. The minimum Gasteiger partial charge on any atom is -0.508 e. The minimum atomic E-state index is 0.166. The van der Waals surface area contributed by atoms with Crippen molar-refractivity contribution in [1.82, 2.24) is 4.98 Å². The van der Waals surface area contributed by atoms with Crippen molar-refractivity contribution in [2.75, 3.05) is 19.0 Å². The number of methoxy groups -OCH3 is 1. The number of aromatic nitrogens is 1. The molecule has 0 aliphatic rings. The highest BCUT2D eigenvalue weighted by Crippen LogP contribution is 2.35. The topological polar surface area (TPSA) is 78.2 Å². The third-order valence-corrected chi connectivity index (χ3v) is 3.88. The van der Waals surface area contributed by atoms with Gasteiger partial charge in [0.2, 0.25) is 0 Å². The molecule has 0 unspecified atom stereocenters. The molecule has 2 aromatic carbocycles. The van der Waals surface area contributed by atoms with Crippen LogP contribution in [0.15, 0.2) is 60.8 Å². The van der Waals surface area contributed by atoms with Crippen LogP contribution in [0, 0.1) is 11.3 Å². The van der Waals surface area contributed by atoms with Crippen molar-refractivity contribution in [2.24, 2.45) is 0 Å². The van der Waals surface area contributed by atoms with E-state index in [2.05, 4.69) is 16.9 Å². The first-order valence-electron chi connectivity index (χ1n) is 7.70. The van der Waals surface area contributed by atoms with E-state index in [-0.39, 0.29) is 5.75 Å². The molecule has 0 atom stereocenters. The van der Waals surface area contributed by atoms with Crippen molar-refractivity contribution >= 4 is 16.5 Å². The number of aromatic hydroxyl groups is 1. The lowest BCUT2D eigenvalue weighted by Crippen LogP contribution is -2.05. The van der Waals surface area contributed by atoms with Crippen LogP contribution < -0.4 is 10.1 Å². The second kappa shape index (κ2) is 6.93. The monoisotopic (exact) mass is 331 g/mol. The number of hydrogen-bond donors (Lipinski definition) is 2. The molecule has 0 bridgehead atoms. The molecule has 25 heavy (non-hydrogen) atoms. The van der Waals surface area contributed by atoms with Gasteiger partial charge in [-0.1, -0.05) is 24.8 Å². The van der Waals surface area contributed by atoms with Gasteiger partial charge in [0.1, 0.15) is 11.5 Å². The molecule has 3 aromatic rings. The molecular weight excluding hydrogens is 314 g/mol. The number of fused-ring (bicyclic) bond motifs is 1. The second-order valence-corrected chi connectivity index (χ2v) is 5.55. The highest BCUT2D eigenvalue weighted by atomic mass is 16.5. The summed E-state index contributed by atoms with van der Waals surface area (Å²) in [5.74, 6) is 0.846. The van der Waals surface area contributed by atoms with E-state index >= 15 is 0 Å². The van der Waals surface area contributed by atoms with Gasteiger partial charge in [-0.25, -0.2) is 0 Å². The maximum Gasteiger partial charge on any atom is 0.142 e. The summed E-state index contributed by atoms with van der Waals surface area (Å²) in [5, 5.41) is 23.8.